The predicted octanol–water partition coefficient (Wildman–Crippen LogP) is 0.775. The summed E-state index contributed by atoms with van der Waals surface area (Å²) < 4.78 is 0. The first-order valence-corrected chi connectivity index (χ1v) is 5.51. The van der Waals surface area contributed by atoms with Gasteiger partial charge in [0.15, 0.2) is 0 Å². The van der Waals surface area contributed by atoms with Gasteiger partial charge < -0.3 is 10.0 Å². The van der Waals surface area contributed by atoms with Crippen LogP contribution in [0.5, 0.6) is 0 Å². The van der Waals surface area contributed by atoms with E-state index in [9.17, 15) is 9.59 Å². The van der Waals surface area contributed by atoms with Crippen molar-refractivity contribution < 1.29 is 14.7 Å². The molecule has 1 amide bonds. The minimum absolute atomic E-state index is 0.103. The normalized spacial score (nSPS) is 10.2. The summed E-state index contributed by atoms with van der Waals surface area (Å²) in [6.07, 6.45) is 3.30. The summed E-state index contributed by atoms with van der Waals surface area (Å²) in [4.78, 5) is 28.1. The molecule has 2 aromatic rings. The highest BCUT2D eigenvalue weighted by atomic mass is 16.4. The Kier molecular flexibility index (Phi) is 3.56. The van der Waals surface area contributed by atoms with E-state index in [2.05, 4.69) is 15.2 Å². The summed E-state index contributed by atoms with van der Waals surface area (Å²) >= 11 is 0. The van der Waals surface area contributed by atoms with E-state index in [0.717, 1.165) is 5.56 Å². The molecule has 0 saturated carbocycles. The molecule has 0 aliphatic heterocycles. The minimum atomic E-state index is -1.16. The van der Waals surface area contributed by atoms with Crippen LogP contribution in [0.25, 0.3) is 0 Å². The molecule has 0 aliphatic carbocycles. The number of carbonyl (C=O) groups is 2. The van der Waals surface area contributed by atoms with E-state index in [-0.39, 0.29) is 17.3 Å². The van der Waals surface area contributed by atoms with Crippen LogP contribution in [-0.2, 0) is 6.54 Å². The number of nitrogens with one attached hydrogen (secondary N) is 1. The van der Waals surface area contributed by atoms with Gasteiger partial charge in [-0.1, -0.05) is 6.07 Å². The first kappa shape index (κ1) is 12.7. The van der Waals surface area contributed by atoms with Crippen LogP contribution >= 0.6 is 0 Å². The van der Waals surface area contributed by atoms with Gasteiger partial charge in [-0.3, -0.25) is 9.89 Å². The topological polar surface area (TPSA) is 99.2 Å². The molecule has 0 saturated heterocycles. The molecule has 2 N–H and O–H groups in total. The Morgan fingerprint density at radius 3 is 2.74 bits per heavy atom. The summed E-state index contributed by atoms with van der Waals surface area (Å²) in [6, 6.07) is 4.32. The highest BCUT2D eigenvalue weighted by molar-refractivity contribution is 5.94. The highest BCUT2D eigenvalue weighted by Crippen LogP contribution is 2.06. The van der Waals surface area contributed by atoms with Crippen molar-refractivity contribution in [3.63, 3.8) is 0 Å². The van der Waals surface area contributed by atoms with Crippen molar-refractivity contribution in [1.82, 2.24) is 20.1 Å². The third-order valence-corrected chi connectivity index (χ3v) is 2.51. The minimum Gasteiger partial charge on any atom is -0.477 e. The first-order chi connectivity index (χ1) is 9.08. The molecule has 2 rings (SSSR count). The Balaban J connectivity index is 2.14. The number of hydrogen-bond acceptors (Lipinski definition) is 4. The number of aromatic carboxylic acids is 1. The van der Waals surface area contributed by atoms with Crippen LogP contribution in [0.4, 0.5) is 0 Å². The third kappa shape index (κ3) is 2.95. The molecule has 0 spiro atoms. The number of pyridine rings is 1. The van der Waals surface area contributed by atoms with Gasteiger partial charge >= 0.3 is 5.97 Å². The maximum atomic E-state index is 12.1. The summed E-state index contributed by atoms with van der Waals surface area (Å²) in [5.74, 6) is -1.50. The maximum Gasteiger partial charge on any atom is 0.354 e. The Bertz CT molecular complexity index is 595. The zero-order chi connectivity index (χ0) is 13.8. The molecule has 0 unspecified atom stereocenters. The Morgan fingerprint density at radius 2 is 2.11 bits per heavy atom. The fourth-order valence-corrected chi connectivity index (χ4v) is 1.58. The summed E-state index contributed by atoms with van der Waals surface area (Å²) in [7, 11) is 1.62. The van der Waals surface area contributed by atoms with Crippen LogP contribution in [0.3, 0.4) is 0 Å². The molecule has 0 aromatic carbocycles. The molecule has 98 valence electrons. The number of carboxylic acids is 1. The lowest BCUT2D eigenvalue weighted by molar-refractivity contribution is 0.0690. The van der Waals surface area contributed by atoms with Gasteiger partial charge in [-0.25, -0.2) is 9.78 Å². The lowest BCUT2D eigenvalue weighted by atomic mass is 10.2. The van der Waals surface area contributed by atoms with Crippen LogP contribution in [0, 0.1) is 0 Å². The Hall–Kier alpha value is -2.70. The number of rotatable bonds is 4. The molecule has 0 bridgehead atoms. The number of H-pyrrole nitrogens is 1. The van der Waals surface area contributed by atoms with Crippen LogP contribution in [0.2, 0.25) is 0 Å². The first-order valence-electron chi connectivity index (χ1n) is 5.51. The third-order valence-electron chi connectivity index (χ3n) is 2.51. The molecular formula is C12H12N4O3. The molecule has 0 atom stereocenters. The van der Waals surface area contributed by atoms with Gasteiger partial charge in [0.1, 0.15) is 11.4 Å². The van der Waals surface area contributed by atoms with Gasteiger partial charge in [0.05, 0.1) is 6.20 Å². The number of aromatic nitrogens is 3. The van der Waals surface area contributed by atoms with E-state index in [1.807, 2.05) is 0 Å². The number of amides is 1. The van der Waals surface area contributed by atoms with Crippen molar-refractivity contribution in [3.8, 4) is 0 Å². The standard InChI is InChI=1S/C12H12N4O3/c1-16(7-8-5-13-14-6-8)11(17)9-3-2-4-10(15-9)12(18)19/h2-6H,7H2,1H3,(H,13,14)(H,18,19). The van der Waals surface area contributed by atoms with Crippen LogP contribution < -0.4 is 0 Å². The molecule has 7 nitrogen and oxygen atoms in total. The fraction of sp³-hybridized carbons (Fsp3) is 0.167. The average molecular weight is 260 g/mol. The summed E-state index contributed by atoms with van der Waals surface area (Å²) in [6.45, 7) is 0.369. The molecular weight excluding hydrogens is 248 g/mol. The van der Waals surface area contributed by atoms with Crippen molar-refractivity contribution in [2.45, 2.75) is 6.54 Å². The van der Waals surface area contributed by atoms with Gasteiger partial charge in [-0.2, -0.15) is 5.10 Å². The van der Waals surface area contributed by atoms with E-state index < -0.39 is 5.97 Å². The van der Waals surface area contributed by atoms with E-state index in [1.165, 1.54) is 23.1 Å². The van der Waals surface area contributed by atoms with Crippen molar-refractivity contribution >= 4 is 11.9 Å². The molecule has 0 aliphatic rings. The largest absolute Gasteiger partial charge is 0.477 e. The number of nitrogens with zero attached hydrogens (tertiary/aromatic N) is 3. The second kappa shape index (κ2) is 5.30. The number of aromatic amines is 1. The molecule has 7 heteroatoms. The number of carbonyl (C=O) groups excluding carboxylic acids is 1. The lowest BCUT2D eigenvalue weighted by Gasteiger charge is -2.15. The zero-order valence-electron chi connectivity index (χ0n) is 10.2. The molecule has 0 fully saturated rings. The van der Waals surface area contributed by atoms with Crippen molar-refractivity contribution in [3.05, 3.63) is 47.5 Å². The van der Waals surface area contributed by atoms with E-state index in [4.69, 9.17) is 5.11 Å². The van der Waals surface area contributed by atoms with E-state index >= 15 is 0 Å². The van der Waals surface area contributed by atoms with Crippen molar-refractivity contribution in [2.24, 2.45) is 0 Å². The van der Waals surface area contributed by atoms with Crippen molar-refractivity contribution in [2.75, 3.05) is 7.05 Å². The zero-order valence-corrected chi connectivity index (χ0v) is 10.2. The average Bonchev–Trinajstić information content (AvgIpc) is 2.90. The maximum absolute atomic E-state index is 12.1. The van der Waals surface area contributed by atoms with E-state index in [0.29, 0.717) is 6.54 Å². The summed E-state index contributed by atoms with van der Waals surface area (Å²) in [5.41, 5.74) is 0.804. The van der Waals surface area contributed by atoms with Crippen molar-refractivity contribution in [1.29, 1.82) is 0 Å². The fourth-order valence-electron chi connectivity index (χ4n) is 1.58. The van der Waals surface area contributed by atoms with Crippen LogP contribution in [0.1, 0.15) is 26.5 Å². The number of hydrogen-bond donors (Lipinski definition) is 2. The lowest BCUT2D eigenvalue weighted by Crippen LogP contribution is -2.27. The number of carboxylic acid groups (broad SMARTS) is 1. The van der Waals surface area contributed by atoms with Gasteiger partial charge in [-0.15, -0.1) is 0 Å². The molecule has 2 heterocycles. The van der Waals surface area contributed by atoms with Gasteiger partial charge in [0.2, 0.25) is 0 Å². The highest BCUT2D eigenvalue weighted by Gasteiger charge is 2.15. The van der Waals surface area contributed by atoms with Gasteiger partial charge in [0, 0.05) is 25.4 Å². The molecule has 19 heavy (non-hydrogen) atoms. The second-order valence-corrected chi connectivity index (χ2v) is 3.98. The van der Waals surface area contributed by atoms with Crippen LogP contribution in [0.15, 0.2) is 30.6 Å². The Morgan fingerprint density at radius 1 is 1.37 bits per heavy atom. The Labute approximate surface area is 108 Å². The summed E-state index contributed by atoms with van der Waals surface area (Å²) in [5, 5.41) is 15.3. The second-order valence-electron chi connectivity index (χ2n) is 3.98. The van der Waals surface area contributed by atoms with Gasteiger partial charge in [-0.05, 0) is 12.1 Å². The van der Waals surface area contributed by atoms with Gasteiger partial charge in [0.25, 0.3) is 5.91 Å². The predicted molar refractivity (Wildman–Crippen MR) is 65.6 cm³/mol. The molecule has 0 radical (unpaired) electrons. The quantitative estimate of drug-likeness (QED) is 0.846. The monoisotopic (exact) mass is 260 g/mol. The smallest absolute Gasteiger partial charge is 0.354 e. The SMILES string of the molecule is CN(Cc1cn[nH]c1)C(=O)c1cccc(C(=O)O)n1. The van der Waals surface area contributed by atoms with E-state index in [1.54, 1.807) is 19.4 Å². The molecule has 2 aromatic heterocycles. The van der Waals surface area contributed by atoms with Crippen LogP contribution in [-0.4, -0.2) is 44.1 Å².